The molecule has 0 rings (SSSR count). The van der Waals surface area contributed by atoms with Crippen molar-refractivity contribution < 1.29 is 24.1 Å². The van der Waals surface area contributed by atoms with Gasteiger partial charge < -0.3 is 1.43 Å². The molecule has 20 valence electrons. The van der Waals surface area contributed by atoms with Gasteiger partial charge in [-0.3, -0.25) is 0 Å². The summed E-state index contributed by atoms with van der Waals surface area (Å²) in [4.78, 5) is 0. The summed E-state index contributed by atoms with van der Waals surface area (Å²) in [6.07, 6.45) is 0. The Morgan fingerprint density at radius 1 is 1.50 bits per heavy atom. The van der Waals surface area contributed by atoms with Gasteiger partial charge in [-0.1, -0.05) is 0 Å². The molecule has 0 N–H and O–H groups in total. The number of hydrogen-bond donors (Lipinski definition) is 0. The summed E-state index contributed by atoms with van der Waals surface area (Å²) in [5.41, 5.74) is 0. The van der Waals surface area contributed by atoms with Gasteiger partial charge in [0.05, 0.1) is 0 Å². The van der Waals surface area contributed by atoms with Gasteiger partial charge in [0.1, 0.15) is 0 Å². The average molecular weight is 85.9 g/mol. The molecule has 0 aromatic heterocycles. The quantitative estimate of drug-likeness (QED) is 0.220. The number of hydrogen-bond acceptors (Lipinski definition) is 1. The molecule has 0 aliphatic carbocycles. The van der Waals surface area contributed by atoms with Crippen molar-refractivity contribution in [2.75, 3.05) is 0 Å². The van der Waals surface area contributed by atoms with Crippen LogP contribution >= 0.6 is 9.90 Å². The van der Waals surface area contributed by atoms with Crippen molar-refractivity contribution in [1.82, 2.24) is 0 Å². The molecule has 0 saturated carbocycles. The van der Waals surface area contributed by atoms with E-state index in [4.69, 9.17) is 3.80 Å². The molecule has 0 saturated heterocycles. The Morgan fingerprint density at radius 3 is 1.50 bits per heavy atom. The van der Waals surface area contributed by atoms with Crippen molar-refractivity contribution in [2.24, 2.45) is 0 Å². The fourth-order valence-corrected chi connectivity index (χ4v) is 0. The van der Waals surface area contributed by atoms with Gasteiger partial charge in [0.15, 0.2) is 0 Å². The average Bonchev–Trinajstić information content (AvgIpc) is 1.00. The molecule has 1 nitrogen and oxygen atoms in total. The van der Waals surface area contributed by atoms with Crippen LogP contribution in [0, 0.1) is 0 Å². The van der Waals surface area contributed by atoms with E-state index >= 15 is 0 Å². The third-order valence-electron chi connectivity index (χ3n) is 0. The van der Waals surface area contributed by atoms with Crippen molar-refractivity contribution in [3.05, 3.63) is 0 Å². The van der Waals surface area contributed by atoms with Crippen LogP contribution in [0.4, 0.5) is 0 Å². The molecule has 0 aliphatic heterocycles. The summed E-state index contributed by atoms with van der Waals surface area (Å²) < 4.78 is 8.28. The van der Waals surface area contributed by atoms with Gasteiger partial charge in [-0.05, 0) is 0 Å². The zero-order valence-corrected chi connectivity index (χ0v) is 5.65. The molecule has 4 heteroatoms. The van der Waals surface area contributed by atoms with E-state index < -0.39 is 0 Å². The molecule has 1 atom stereocenters. The summed E-state index contributed by atoms with van der Waals surface area (Å²) >= 11 is 0.611. The fraction of sp³-hybridized carbons (Fsp3) is 0. The first-order valence-corrected chi connectivity index (χ1v) is 0.866. The predicted octanol–water partition coefficient (Wildman–Crippen LogP) is -3.59. The summed E-state index contributed by atoms with van der Waals surface area (Å²) in [5, 5.41) is 0. The first-order chi connectivity index (χ1) is 1.00. The molecular weight excluding hydrogens is 80.9 g/mol. The third-order valence-corrected chi connectivity index (χ3v) is 0. The minimum absolute atomic E-state index is 0. The van der Waals surface area contributed by atoms with Crippen molar-refractivity contribution >= 4 is 26.1 Å². The first-order valence-electron chi connectivity index (χ1n) is 0.289. The Labute approximate surface area is 50.4 Å². The second kappa shape index (κ2) is 26.6. The van der Waals surface area contributed by atoms with Crippen LogP contribution in [0.2, 0.25) is 0 Å². The van der Waals surface area contributed by atoms with Gasteiger partial charge in [0.25, 0.3) is 0 Å². The van der Waals surface area contributed by atoms with E-state index in [1.165, 1.54) is 0 Å². The van der Waals surface area contributed by atoms with Gasteiger partial charge in [-0.2, -0.15) is 9.90 Å². The van der Waals surface area contributed by atoms with E-state index in [2.05, 4.69) is 0 Å². The predicted molar refractivity (Wildman–Crippen MR) is 20.1 cm³/mol. The Kier molecular flexibility index (Phi) is 122. The Balaban J connectivity index is -0.00000000167. The van der Waals surface area contributed by atoms with Gasteiger partial charge in [0.2, 0.25) is 0 Å². The summed E-state index contributed by atoms with van der Waals surface area (Å²) in [6, 6.07) is 0. The molecule has 0 heterocycles. The SMILES string of the molecule is P.[H-].[Li+].[O]=[AlH]. The second-order valence-electron chi connectivity index (χ2n) is 0. The van der Waals surface area contributed by atoms with Gasteiger partial charge >= 0.3 is 38.9 Å². The van der Waals surface area contributed by atoms with Crippen LogP contribution in [-0.4, -0.2) is 16.2 Å². The van der Waals surface area contributed by atoms with E-state index in [1.54, 1.807) is 0 Å². The maximum absolute atomic E-state index is 8.28. The monoisotopic (exact) mass is 86.0 g/mol. The van der Waals surface area contributed by atoms with E-state index in [1.807, 2.05) is 0 Å². The molecule has 0 fully saturated rings. The van der Waals surface area contributed by atoms with Crippen LogP contribution in [0.1, 0.15) is 1.43 Å². The molecule has 0 amide bonds. The van der Waals surface area contributed by atoms with E-state index in [9.17, 15) is 0 Å². The molecule has 1 unspecified atom stereocenters. The molecule has 0 bridgehead atoms. The maximum atomic E-state index is 8.28. The second-order valence-corrected chi connectivity index (χ2v) is 0. The minimum atomic E-state index is 0. The normalized spacial score (nSPS) is 0.750. The van der Waals surface area contributed by atoms with Crippen LogP contribution in [0.5, 0.6) is 0 Å². The van der Waals surface area contributed by atoms with Crippen LogP contribution in [0.3, 0.4) is 0 Å². The van der Waals surface area contributed by atoms with Crippen LogP contribution in [-0.2, 0) is 3.80 Å². The van der Waals surface area contributed by atoms with Gasteiger partial charge in [-0.25, -0.2) is 0 Å². The fourth-order valence-electron chi connectivity index (χ4n) is 0. The molecule has 0 radical (unpaired) electrons. The van der Waals surface area contributed by atoms with Crippen LogP contribution < -0.4 is 18.9 Å². The molecule has 4 heavy (non-hydrogen) atoms. The van der Waals surface area contributed by atoms with E-state index in [-0.39, 0.29) is 30.2 Å². The van der Waals surface area contributed by atoms with E-state index in [0.717, 1.165) is 0 Å². The summed E-state index contributed by atoms with van der Waals surface area (Å²) in [7, 11) is 0. The first kappa shape index (κ1) is 18.3. The zero-order chi connectivity index (χ0) is 2.00. The zero-order valence-electron chi connectivity index (χ0n) is 3.82. The van der Waals surface area contributed by atoms with E-state index in [0.29, 0.717) is 16.2 Å². The van der Waals surface area contributed by atoms with Crippen molar-refractivity contribution in [2.45, 2.75) is 0 Å². The Hall–Kier alpha value is 1.36. The van der Waals surface area contributed by atoms with Gasteiger partial charge in [0, 0.05) is 0 Å². The Bertz CT molecular complexity index is 11.6. The number of rotatable bonds is 0. The summed E-state index contributed by atoms with van der Waals surface area (Å²) in [5.74, 6) is 0. The molecule has 0 spiro atoms. The topological polar surface area (TPSA) is 17.1 Å². The Morgan fingerprint density at radius 2 is 1.50 bits per heavy atom. The molecule has 0 aliphatic rings. The van der Waals surface area contributed by atoms with Gasteiger partial charge in [-0.15, -0.1) is 0 Å². The third kappa shape index (κ3) is 10.1. The standard InChI is InChI=1S/Al.Li.O.H3P.2H/h;;;1H3;;/q;+1;;;;-1. The van der Waals surface area contributed by atoms with Crippen molar-refractivity contribution in [1.29, 1.82) is 0 Å². The molecule has 0 aromatic rings. The molecule has 0 aromatic carbocycles. The molecular formula is H5AlLiOP. The van der Waals surface area contributed by atoms with Crippen LogP contribution in [0.25, 0.3) is 0 Å². The van der Waals surface area contributed by atoms with Crippen molar-refractivity contribution in [3.63, 3.8) is 0 Å². The summed E-state index contributed by atoms with van der Waals surface area (Å²) in [6.45, 7) is 0. The van der Waals surface area contributed by atoms with Crippen LogP contribution in [0.15, 0.2) is 0 Å². The van der Waals surface area contributed by atoms with Crippen molar-refractivity contribution in [3.8, 4) is 0 Å².